The Morgan fingerprint density at radius 2 is 2.05 bits per heavy atom. The van der Waals surface area contributed by atoms with E-state index in [9.17, 15) is 9.59 Å². The molecule has 0 aliphatic carbocycles. The number of carboxylic acids is 1. The number of anilines is 1. The van der Waals surface area contributed by atoms with Gasteiger partial charge in [-0.3, -0.25) is 5.32 Å². The number of ether oxygens (including phenoxy) is 1. The number of hydrogen-bond donors (Lipinski definition) is 2. The van der Waals surface area contributed by atoms with Crippen LogP contribution in [0.15, 0.2) is 6.08 Å². The van der Waals surface area contributed by atoms with E-state index in [2.05, 4.69) is 10.3 Å². The Labute approximate surface area is 125 Å². The van der Waals surface area contributed by atoms with Gasteiger partial charge < -0.3 is 9.84 Å². The highest BCUT2D eigenvalue weighted by molar-refractivity contribution is 7.19. The van der Waals surface area contributed by atoms with Gasteiger partial charge in [-0.25, -0.2) is 14.6 Å². The standard InChI is InChI=1S/C12H15ClN2O4S/c1-5-6(9(16)17)7-8(13)20-10(14-7)15-11(18)19-12(2,3)4/h5H,1-4H3,(H,16,17)(H,14,15,18)/b6-5-. The Kier molecular flexibility index (Phi) is 5.13. The third kappa shape index (κ3) is 4.50. The molecule has 1 amide bonds. The normalized spacial score (nSPS) is 12.2. The molecule has 0 aliphatic heterocycles. The second-order valence-electron chi connectivity index (χ2n) is 4.78. The molecule has 2 N–H and O–H groups in total. The second kappa shape index (κ2) is 6.23. The van der Waals surface area contributed by atoms with E-state index in [0.29, 0.717) is 0 Å². The minimum absolute atomic E-state index is 0.0245. The van der Waals surface area contributed by atoms with Gasteiger partial charge in [-0.2, -0.15) is 0 Å². The third-order valence-corrected chi connectivity index (χ3v) is 3.14. The largest absolute Gasteiger partial charge is 0.478 e. The third-order valence-electron chi connectivity index (χ3n) is 1.97. The Hall–Kier alpha value is -1.60. The zero-order valence-electron chi connectivity index (χ0n) is 11.5. The van der Waals surface area contributed by atoms with Gasteiger partial charge in [0.05, 0.1) is 5.57 Å². The minimum atomic E-state index is -1.14. The molecule has 0 radical (unpaired) electrons. The lowest BCUT2D eigenvalue weighted by Crippen LogP contribution is -2.27. The SMILES string of the molecule is C/C=C(\C(=O)O)c1nc(NC(=O)OC(C)(C)C)sc1Cl. The number of thiazole rings is 1. The molecule has 110 valence electrons. The van der Waals surface area contributed by atoms with E-state index in [1.54, 1.807) is 27.7 Å². The molecule has 1 rings (SSSR count). The number of aromatic nitrogens is 1. The van der Waals surface area contributed by atoms with Crippen LogP contribution in [-0.4, -0.2) is 27.8 Å². The zero-order chi connectivity index (χ0) is 15.5. The molecule has 0 aliphatic rings. The molecule has 1 aromatic heterocycles. The molecule has 0 bridgehead atoms. The van der Waals surface area contributed by atoms with E-state index in [1.165, 1.54) is 6.08 Å². The molecule has 0 saturated heterocycles. The number of allylic oxidation sites excluding steroid dienone is 1. The van der Waals surface area contributed by atoms with Crippen molar-refractivity contribution in [2.24, 2.45) is 0 Å². The van der Waals surface area contributed by atoms with Crippen molar-refractivity contribution in [3.05, 3.63) is 16.1 Å². The van der Waals surface area contributed by atoms with Crippen molar-refractivity contribution in [1.82, 2.24) is 4.98 Å². The highest BCUT2D eigenvalue weighted by atomic mass is 35.5. The molecular formula is C12H15ClN2O4S. The van der Waals surface area contributed by atoms with Gasteiger partial charge in [0.25, 0.3) is 0 Å². The van der Waals surface area contributed by atoms with Crippen molar-refractivity contribution in [3.8, 4) is 0 Å². The van der Waals surface area contributed by atoms with Crippen LogP contribution in [0.3, 0.4) is 0 Å². The van der Waals surface area contributed by atoms with Gasteiger partial charge in [0.2, 0.25) is 0 Å². The Balaban J connectivity index is 2.91. The lowest BCUT2D eigenvalue weighted by atomic mass is 10.2. The predicted molar refractivity (Wildman–Crippen MR) is 78.3 cm³/mol. The fourth-order valence-electron chi connectivity index (χ4n) is 1.27. The van der Waals surface area contributed by atoms with Crippen LogP contribution in [0, 0.1) is 0 Å². The molecule has 1 heterocycles. The highest BCUT2D eigenvalue weighted by Crippen LogP contribution is 2.32. The van der Waals surface area contributed by atoms with Crippen molar-refractivity contribution in [1.29, 1.82) is 0 Å². The van der Waals surface area contributed by atoms with Crippen LogP contribution < -0.4 is 5.32 Å². The maximum Gasteiger partial charge on any atom is 0.413 e. The van der Waals surface area contributed by atoms with Crippen LogP contribution in [0.25, 0.3) is 5.57 Å². The number of halogens is 1. The van der Waals surface area contributed by atoms with Crippen LogP contribution in [0.2, 0.25) is 4.34 Å². The topological polar surface area (TPSA) is 88.5 Å². The van der Waals surface area contributed by atoms with Crippen LogP contribution >= 0.6 is 22.9 Å². The molecule has 0 unspecified atom stereocenters. The summed E-state index contributed by atoms with van der Waals surface area (Å²) in [5, 5.41) is 11.6. The number of amides is 1. The van der Waals surface area contributed by atoms with Crippen molar-refractivity contribution in [3.63, 3.8) is 0 Å². The summed E-state index contributed by atoms with van der Waals surface area (Å²) in [5.74, 6) is -1.14. The molecular weight excluding hydrogens is 304 g/mol. The van der Waals surface area contributed by atoms with E-state index in [1.807, 2.05) is 0 Å². The van der Waals surface area contributed by atoms with Crippen molar-refractivity contribution < 1.29 is 19.4 Å². The summed E-state index contributed by atoms with van der Waals surface area (Å²) in [5.41, 5.74) is -0.537. The zero-order valence-corrected chi connectivity index (χ0v) is 13.1. The quantitative estimate of drug-likeness (QED) is 0.831. The maximum absolute atomic E-state index is 11.6. The number of carboxylic acid groups (broad SMARTS) is 1. The van der Waals surface area contributed by atoms with E-state index in [0.717, 1.165) is 11.3 Å². The van der Waals surface area contributed by atoms with E-state index >= 15 is 0 Å². The van der Waals surface area contributed by atoms with Crippen molar-refractivity contribution >= 4 is 45.7 Å². The van der Waals surface area contributed by atoms with Crippen LogP contribution in [0.1, 0.15) is 33.4 Å². The Bertz CT molecular complexity index is 560. The molecule has 0 spiro atoms. The summed E-state index contributed by atoms with van der Waals surface area (Å²) >= 11 is 6.91. The first kappa shape index (κ1) is 16.5. The Morgan fingerprint density at radius 3 is 2.50 bits per heavy atom. The maximum atomic E-state index is 11.6. The molecule has 6 nitrogen and oxygen atoms in total. The van der Waals surface area contributed by atoms with Crippen molar-refractivity contribution in [2.45, 2.75) is 33.3 Å². The first-order valence-electron chi connectivity index (χ1n) is 5.70. The average Bonchev–Trinajstić information content (AvgIpc) is 2.57. The van der Waals surface area contributed by atoms with Crippen LogP contribution in [0.5, 0.6) is 0 Å². The van der Waals surface area contributed by atoms with Gasteiger partial charge >= 0.3 is 12.1 Å². The first-order valence-corrected chi connectivity index (χ1v) is 6.90. The van der Waals surface area contributed by atoms with Crippen LogP contribution in [-0.2, 0) is 9.53 Å². The van der Waals surface area contributed by atoms with E-state index in [-0.39, 0.29) is 20.7 Å². The van der Waals surface area contributed by atoms with E-state index in [4.69, 9.17) is 21.4 Å². The van der Waals surface area contributed by atoms with Gasteiger partial charge in [0.1, 0.15) is 15.6 Å². The number of rotatable bonds is 3. The van der Waals surface area contributed by atoms with Gasteiger partial charge in [-0.1, -0.05) is 29.0 Å². The van der Waals surface area contributed by atoms with Gasteiger partial charge in [0, 0.05) is 0 Å². The monoisotopic (exact) mass is 318 g/mol. The number of hydrogen-bond acceptors (Lipinski definition) is 5. The first-order chi connectivity index (χ1) is 9.14. The summed E-state index contributed by atoms with van der Waals surface area (Å²) in [6.45, 7) is 6.76. The molecule has 20 heavy (non-hydrogen) atoms. The smallest absolute Gasteiger partial charge is 0.413 e. The molecule has 1 aromatic rings. The number of carbonyl (C=O) groups is 2. The molecule has 8 heteroatoms. The van der Waals surface area contributed by atoms with Gasteiger partial charge in [-0.05, 0) is 27.7 Å². The minimum Gasteiger partial charge on any atom is -0.478 e. The van der Waals surface area contributed by atoms with E-state index < -0.39 is 17.7 Å². The Morgan fingerprint density at radius 1 is 1.45 bits per heavy atom. The summed E-state index contributed by atoms with van der Waals surface area (Å²) in [7, 11) is 0. The fraction of sp³-hybridized carbons (Fsp3) is 0.417. The second-order valence-corrected chi connectivity index (χ2v) is 6.38. The summed E-state index contributed by atoms with van der Waals surface area (Å²) in [6, 6.07) is 0. The van der Waals surface area contributed by atoms with Gasteiger partial charge in [-0.15, -0.1) is 0 Å². The lowest BCUT2D eigenvalue weighted by molar-refractivity contribution is -0.130. The number of carbonyl (C=O) groups excluding carboxylic acids is 1. The lowest BCUT2D eigenvalue weighted by Gasteiger charge is -2.18. The average molecular weight is 319 g/mol. The number of nitrogens with zero attached hydrogens (tertiary/aromatic N) is 1. The fourth-order valence-corrected chi connectivity index (χ4v) is 2.33. The van der Waals surface area contributed by atoms with Crippen LogP contribution in [0.4, 0.5) is 9.93 Å². The predicted octanol–water partition coefficient (Wildman–Crippen LogP) is 3.63. The summed E-state index contributed by atoms with van der Waals surface area (Å²) < 4.78 is 5.25. The van der Waals surface area contributed by atoms with Crippen molar-refractivity contribution in [2.75, 3.05) is 5.32 Å². The molecule has 0 aromatic carbocycles. The number of nitrogens with one attached hydrogen (secondary N) is 1. The molecule has 0 fully saturated rings. The summed E-state index contributed by atoms with van der Waals surface area (Å²) in [6.07, 6.45) is 0.715. The molecule has 0 atom stereocenters. The van der Waals surface area contributed by atoms with Gasteiger partial charge in [0.15, 0.2) is 5.13 Å². The molecule has 0 saturated carbocycles. The highest BCUT2D eigenvalue weighted by Gasteiger charge is 2.21. The number of aliphatic carboxylic acids is 1. The summed E-state index contributed by atoms with van der Waals surface area (Å²) in [4.78, 5) is 26.6.